The fourth-order valence-electron chi connectivity index (χ4n) is 2.92. The fourth-order valence-corrected chi connectivity index (χ4v) is 2.92. The molecule has 0 radical (unpaired) electrons. The van der Waals surface area contributed by atoms with E-state index in [4.69, 9.17) is 9.47 Å². The van der Waals surface area contributed by atoms with Crippen molar-refractivity contribution in [3.8, 4) is 11.5 Å². The standard InChI is InChI=1S/C18H17N5O2/c1-24-13-5-6-17(25-2)14(8-13)16-9-15(12-4-3-7-19-10-12)22-18-20-11-21-23(16)18/h3-11,16H,1-2H3,(H,20,21,22). The summed E-state index contributed by atoms with van der Waals surface area (Å²) in [7, 11) is 3.30. The average Bonchev–Trinajstić information content (AvgIpc) is 3.16. The zero-order valence-corrected chi connectivity index (χ0v) is 13.9. The van der Waals surface area contributed by atoms with Crippen molar-refractivity contribution < 1.29 is 9.47 Å². The molecule has 1 atom stereocenters. The number of benzene rings is 1. The second kappa shape index (κ2) is 6.27. The first kappa shape index (κ1) is 15.2. The number of methoxy groups -OCH3 is 2. The third kappa shape index (κ3) is 2.69. The second-order valence-corrected chi connectivity index (χ2v) is 5.53. The highest BCUT2D eigenvalue weighted by Gasteiger charge is 2.26. The summed E-state index contributed by atoms with van der Waals surface area (Å²) < 4.78 is 12.7. The molecule has 3 heterocycles. The van der Waals surface area contributed by atoms with E-state index >= 15 is 0 Å². The van der Waals surface area contributed by atoms with Gasteiger partial charge in [-0.25, -0.2) is 4.68 Å². The van der Waals surface area contributed by atoms with E-state index in [0.29, 0.717) is 5.95 Å². The van der Waals surface area contributed by atoms with Crippen molar-refractivity contribution in [3.63, 3.8) is 0 Å². The third-order valence-corrected chi connectivity index (χ3v) is 4.14. The highest BCUT2D eigenvalue weighted by Crippen LogP contribution is 2.37. The minimum absolute atomic E-state index is 0.181. The summed E-state index contributed by atoms with van der Waals surface area (Å²) in [4.78, 5) is 8.51. The molecule has 0 amide bonds. The summed E-state index contributed by atoms with van der Waals surface area (Å²) in [6, 6.07) is 9.44. The molecule has 1 N–H and O–H groups in total. The van der Waals surface area contributed by atoms with Gasteiger partial charge in [0.2, 0.25) is 5.95 Å². The van der Waals surface area contributed by atoms with Crippen molar-refractivity contribution in [1.82, 2.24) is 19.7 Å². The number of nitrogens with zero attached hydrogens (tertiary/aromatic N) is 4. The molecule has 3 aromatic rings. The van der Waals surface area contributed by atoms with Crippen molar-refractivity contribution in [2.45, 2.75) is 6.04 Å². The Morgan fingerprint density at radius 1 is 1.16 bits per heavy atom. The lowest BCUT2D eigenvalue weighted by atomic mass is 10.0. The molecule has 4 rings (SSSR count). The third-order valence-electron chi connectivity index (χ3n) is 4.14. The van der Waals surface area contributed by atoms with Crippen LogP contribution >= 0.6 is 0 Å². The summed E-state index contributed by atoms with van der Waals surface area (Å²) in [5.41, 5.74) is 2.84. The van der Waals surface area contributed by atoms with Gasteiger partial charge in [-0.1, -0.05) is 0 Å². The first-order valence-electron chi connectivity index (χ1n) is 7.81. The molecule has 1 aliphatic rings. The van der Waals surface area contributed by atoms with Crippen LogP contribution in [0.3, 0.4) is 0 Å². The van der Waals surface area contributed by atoms with Crippen molar-refractivity contribution in [2.75, 3.05) is 19.5 Å². The number of ether oxygens (including phenoxy) is 2. The van der Waals surface area contributed by atoms with Crippen LogP contribution in [-0.2, 0) is 0 Å². The zero-order chi connectivity index (χ0) is 17.2. The Hall–Kier alpha value is -3.35. The van der Waals surface area contributed by atoms with Gasteiger partial charge in [-0.15, -0.1) is 0 Å². The lowest BCUT2D eigenvalue weighted by molar-refractivity contribution is 0.394. The predicted octanol–water partition coefficient (Wildman–Crippen LogP) is 2.75. The van der Waals surface area contributed by atoms with Crippen LogP contribution in [-0.4, -0.2) is 34.0 Å². The van der Waals surface area contributed by atoms with E-state index in [1.54, 1.807) is 20.4 Å². The van der Waals surface area contributed by atoms with Crippen molar-refractivity contribution in [2.24, 2.45) is 0 Å². The first-order valence-corrected chi connectivity index (χ1v) is 7.81. The van der Waals surface area contributed by atoms with Gasteiger partial charge < -0.3 is 14.8 Å². The summed E-state index contributed by atoms with van der Waals surface area (Å²) >= 11 is 0. The molecule has 7 heteroatoms. The molecule has 0 saturated heterocycles. The quantitative estimate of drug-likeness (QED) is 0.790. The second-order valence-electron chi connectivity index (χ2n) is 5.53. The van der Waals surface area contributed by atoms with Gasteiger partial charge in [0, 0.05) is 29.2 Å². The maximum absolute atomic E-state index is 5.55. The van der Waals surface area contributed by atoms with Gasteiger partial charge in [0.1, 0.15) is 23.9 Å². The van der Waals surface area contributed by atoms with Gasteiger partial charge in [0.25, 0.3) is 0 Å². The number of fused-ring (bicyclic) bond motifs is 1. The maximum atomic E-state index is 5.55. The molecule has 0 bridgehead atoms. The number of aromatic nitrogens is 4. The van der Waals surface area contributed by atoms with Crippen LogP contribution in [0.15, 0.2) is 55.1 Å². The van der Waals surface area contributed by atoms with Crippen LogP contribution in [0.4, 0.5) is 5.95 Å². The fraction of sp³-hybridized carbons (Fsp3) is 0.167. The van der Waals surface area contributed by atoms with E-state index < -0.39 is 0 Å². The monoisotopic (exact) mass is 335 g/mol. The van der Waals surface area contributed by atoms with Gasteiger partial charge in [0.15, 0.2) is 0 Å². The van der Waals surface area contributed by atoms with Crippen molar-refractivity contribution in [3.05, 3.63) is 66.3 Å². The highest BCUT2D eigenvalue weighted by atomic mass is 16.5. The molecule has 1 unspecified atom stereocenters. The SMILES string of the molecule is COc1ccc(OC)c(C2C=C(c3cccnc3)Nc3ncnn32)c1. The number of hydrogen-bond acceptors (Lipinski definition) is 6. The van der Waals surface area contributed by atoms with Crippen LogP contribution in [0, 0.1) is 0 Å². The molecule has 0 spiro atoms. The molecule has 1 aromatic carbocycles. The first-order chi connectivity index (χ1) is 12.3. The van der Waals surface area contributed by atoms with Crippen LogP contribution in [0.25, 0.3) is 5.70 Å². The number of pyridine rings is 1. The normalized spacial score (nSPS) is 15.8. The van der Waals surface area contributed by atoms with Crippen LogP contribution in [0.2, 0.25) is 0 Å². The van der Waals surface area contributed by atoms with Gasteiger partial charge in [0.05, 0.1) is 14.2 Å². The largest absolute Gasteiger partial charge is 0.497 e. The van der Waals surface area contributed by atoms with E-state index in [9.17, 15) is 0 Å². The lowest BCUT2D eigenvalue weighted by Gasteiger charge is -2.25. The Bertz CT molecular complexity index is 920. The Morgan fingerprint density at radius 2 is 2.08 bits per heavy atom. The minimum Gasteiger partial charge on any atom is -0.497 e. The number of nitrogens with one attached hydrogen (secondary N) is 1. The van der Waals surface area contributed by atoms with Crippen LogP contribution < -0.4 is 14.8 Å². The molecule has 25 heavy (non-hydrogen) atoms. The highest BCUT2D eigenvalue weighted by molar-refractivity contribution is 5.76. The molecule has 2 aromatic heterocycles. The lowest BCUT2D eigenvalue weighted by Crippen LogP contribution is -2.20. The van der Waals surface area contributed by atoms with Crippen molar-refractivity contribution in [1.29, 1.82) is 0 Å². The summed E-state index contributed by atoms with van der Waals surface area (Å²) in [6.07, 6.45) is 7.17. The Balaban J connectivity index is 1.87. The molecule has 1 aliphatic heterocycles. The van der Waals surface area contributed by atoms with E-state index in [2.05, 4.69) is 26.5 Å². The van der Waals surface area contributed by atoms with Gasteiger partial charge in [-0.05, 0) is 36.4 Å². The maximum Gasteiger partial charge on any atom is 0.226 e. The Labute approximate surface area is 144 Å². The Morgan fingerprint density at radius 3 is 2.84 bits per heavy atom. The molecular formula is C18H17N5O2. The Kier molecular flexibility index (Phi) is 3.81. The van der Waals surface area contributed by atoms with E-state index in [0.717, 1.165) is 28.3 Å². The number of hydrogen-bond donors (Lipinski definition) is 1. The topological polar surface area (TPSA) is 74.1 Å². The molecule has 0 saturated carbocycles. The molecule has 126 valence electrons. The molecule has 7 nitrogen and oxygen atoms in total. The van der Waals surface area contributed by atoms with E-state index in [-0.39, 0.29) is 6.04 Å². The van der Waals surface area contributed by atoms with Crippen LogP contribution in [0.5, 0.6) is 11.5 Å². The van der Waals surface area contributed by atoms with Gasteiger partial charge in [-0.3, -0.25) is 4.98 Å². The van der Waals surface area contributed by atoms with E-state index in [1.807, 2.05) is 41.2 Å². The smallest absolute Gasteiger partial charge is 0.226 e. The number of anilines is 1. The number of allylic oxidation sites excluding steroid dienone is 1. The van der Waals surface area contributed by atoms with Gasteiger partial charge >= 0.3 is 0 Å². The predicted molar refractivity (Wildman–Crippen MR) is 93.5 cm³/mol. The molecule has 0 fully saturated rings. The number of rotatable bonds is 4. The minimum atomic E-state index is -0.181. The molecule has 0 aliphatic carbocycles. The van der Waals surface area contributed by atoms with E-state index in [1.165, 1.54) is 6.33 Å². The van der Waals surface area contributed by atoms with Gasteiger partial charge in [-0.2, -0.15) is 10.1 Å². The summed E-state index contributed by atoms with van der Waals surface area (Å²) in [5.74, 6) is 2.18. The molecular weight excluding hydrogens is 318 g/mol. The average molecular weight is 335 g/mol. The summed E-state index contributed by atoms with van der Waals surface area (Å²) in [6.45, 7) is 0. The summed E-state index contributed by atoms with van der Waals surface area (Å²) in [5, 5.41) is 7.66. The zero-order valence-electron chi connectivity index (χ0n) is 13.9. The van der Waals surface area contributed by atoms with Crippen LogP contribution in [0.1, 0.15) is 17.2 Å². The van der Waals surface area contributed by atoms with Crippen molar-refractivity contribution >= 4 is 11.6 Å².